The molecule has 0 aliphatic heterocycles. The maximum atomic E-state index is 12.3. The van der Waals surface area contributed by atoms with Crippen LogP contribution in [0.3, 0.4) is 0 Å². The monoisotopic (exact) mass is 305 g/mol. The molecular weight excluding hydrogens is 294 g/mol. The molecule has 0 unspecified atom stereocenters. The van der Waals surface area contributed by atoms with Crippen LogP contribution in [0.15, 0.2) is 29.4 Å². The summed E-state index contributed by atoms with van der Waals surface area (Å²) in [5, 5.41) is 6.25. The topological polar surface area (TPSA) is 66.1 Å². The van der Waals surface area contributed by atoms with Crippen molar-refractivity contribution < 1.29 is 8.42 Å². The number of hydrogen-bond acceptors (Lipinski definition) is 4. The van der Waals surface area contributed by atoms with Crippen molar-refractivity contribution in [3.8, 4) is 0 Å². The van der Waals surface area contributed by atoms with Crippen LogP contribution in [-0.2, 0) is 16.6 Å². The molecule has 0 saturated carbocycles. The molecule has 0 atom stereocenters. The molecule has 1 N–H and O–H groups in total. The zero-order valence-corrected chi connectivity index (χ0v) is 12.0. The van der Waals surface area contributed by atoms with Crippen molar-refractivity contribution in [2.45, 2.75) is 18.5 Å². The van der Waals surface area contributed by atoms with Crippen LogP contribution in [0, 0.1) is 0 Å². The Labute approximate surface area is 114 Å². The molecule has 2 rings (SSSR count). The first-order valence-corrected chi connectivity index (χ1v) is 7.91. The van der Waals surface area contributed by atoms with Gasteiger partial charge in [-0.3, -0.25) is 5.10 Å². The predicted molar refractivity (Wildman–Crippen MR) is 71.2 cm³/mol. The van der Waals surface area contributed by atoms with Crippen molar-refractivity contribution in [1.82, 2.24) is 14.5 Å². The smallest absolute Gasteiger partial charge is 0.260 e. The molecule has 0 amide bonds. The number of H-pyrrole nitrogens is 1. The Kier molecular flexibility index (Phi) is 4.06. The second-order valence-corrected chi connectivity index (χ2v) is 7.26. The standard InChI is InChI=1S/C10H12ClN3O2S2/c1-2-14(7-8-3-4-9(11)17-8)18(15,16)10-5-6-12-13-10/h3-6H,2,7H2,1H3,(H,12,13). The summed E-state index contributed by atoms with van der Waals surface area (Å²) >= 11 is 7.21. The quantitative estimate of drug-likeness (QED) is 0.922. The fraction of sp³-hybridized carbons (Fsp3) is 0.300. The van der Waals surface area contributed by atoms with Gasteiger partial charge < -0.3 is 0 Å². The van der Waals surface area contributed by atoms with Gasteiger partial charge in [0.2, 0.25) is 0 Å². The zero-order valence-electron chi connectivity index (χ0n) is 9.63. The molecule has 0 spiro atoms. The van der Waals surface area contributed by atoms with Crippen LogP contribution >= 0.6 is 22.9 Å². The van der Waals surface area contributed by atoms with Gasteiger partial charge in [0.25, 0.3) is 10.0 Å². The van der Waals surface area contributed by atoms with Crippen LogP contribution in [-0.4, -0.2) is 29.5 Å². The van der Waals surface area contributed by atoms with Gasteiger partial charge in [-0.25, -0.2) is 8.42 Å². The Morgan fingerprint density at radius 1 is 1.44 bits per heavy atom. The molecule has 2 aromatic rings. The first-order chi connectivity index (χ1) is 8.54. The highest BCUT2D eigenvalue weighted by Crippen LogP contribution is 2.24. The largest absolute Gasteiger partial charge is 0.266 e. The van der Waals surface area contributed by atoms with Crippen molar-refractivity contribution in [2.24, 2.45) is 0 Å². The van der Waals surface area contributed by atoms with E-state index >= 15 is 0 Å². The first kappa shape index (κ1) is 13.5. The number of halogens is 1. The summed E-state index contributed by atoms with van der Waals surface area (Å²) in [5.41, 5.74) is 0. The van der Waals surface area contributed by atoms with Crippen molar-refractivity contribution in [3.63, 3.8) is 0 Å². The van der Waals surface area contributed by atoms with E-state index in [1.54, 1.807) is 13.0 Å². The lowest BCUT2D eigenvalue weighted by Gasteiger charge is -2.18. The fourth-order valence-electron chi connectivity index (χ4n) is 1.50. The van der Waals surface area contributed by atoms with Gasteiger partial charge in [0, 0.05) is 18.0 Å². The minimum absolute atomic E-state index is 0.104. The summed E-state index contributed by atoms with van der Waals surface area (Å²) in [6.45, 7) is 2.50. The predicted octanol–water partition coefficient (Wildman–Crippen LogP) is 2.34. The van der Waals surface area contributed by atoms with Gasteiger partial charge in [0.15, 0.2) is 5.03 Å². The number of hydrogen-bond donors (Lipinski definition) is 1. The van der Waals surface area contributed by atoms with Crippen molar-refractivity contribution in [1.29, 1.82) is 0 Å². The SMILES string of the molecule is CCN(Cc1ccc(Cl)s1)S(=O)(=O)c1ccn[nH]1. The highest BCUT2D eigenvalue weighted by atomic mass is 35.5. The number of aromatic nitrogens is 2. The third-order valence-corrected chi connectivity index (χ3v) is 5.47. The zero-order chi connectivity index (χ0) is 13.2. The Bertz CT molecular complexity index is 607. The third-order valence-electron chi connectivity index (χ3n) is 2.41. The summed E-state index contributed by atoms with van der Waals surface area (Å²) in [6, 6.07) is 5.04. The molecular formula is C10H12ClN3O2S2. The van der Waals surface area contributed by atoms with Crippen LogP contribution in [0.2, 0.25) is 4.34 Å². The van der Waals surface area contributed by atoms with Crippen LogP contribution in [0.25, 0.3) is 0 Å². The molecule has 0 aliphatic carbocycles. The molecule has 2 aromatic heterocycles. The van der Waals surface area contributed by atoms with E-state index in [0.29, 0.717) is 17.4 Å². The lowest BCUT2D eigenvalue weighted by atomic mass is 10.4. The van der Waals surface area contributed by atoms with E-state index in [0.717, 1.165) is 4.88 Å². The van der Waals surface area contributed by atoms with Crippen LogP contribution < -0.4 is 0 Å². The van der Waals surface area contributed by atoms with Gasteiger partial charge in [-0.2, -0.15) is 9.40 Å². The van der Waals surface area contributed by atoms with E-state index in [4.69, 9.17) is 11.6 Å². The Balaban J connectivity index is 2.24. The van der Waals surface area contributed by atoms with Gasteiger partial charge in [0.05, 0.1) is 10.5 Å². The molecule has 0 aliphatic rings. The molecule has 0 radical (unpaired) electrons. The lowest BCUT2D eigenvalue weighted by Crippen LogP contribution is -2.30. The summed E-state index contributed by atoms with van der Waals surface area (Å²) < 4.78 is 26.6. The van der Waals surface area contributed by atoms with Gasteiger partial charge in [-0.15, -0.1) is 11.3 Å². The number of nitrogens with zero attached hydrogens (tertiary/aromatic N) is 2. The summed E-state index contributed by atoms with van der Waals surface area (Å²) in [4.78, 5) is 0.907. The molecule has 98 valence electrons. The van der Waals surface area contributed by atoms with Gasteiger partial charge in [-0.1, -0.05) is 18.5 Å². The van der Waals surface area contributed by atoms with Crippen molar-refractivity contribution in [3.05, 3.63) is 33.6 Å². The Morgan fingerprint density at radius 3 is 2.72 bits per heavy atom. The second kappa shape index (κ2) is 5.40. The molecule has 8 heteroatoms. The van der Waals surface area contributed by atoms with Gasteiger partial charge in [0.1, 0.15) is 0 Å². The fourth-order valence-corrected chi connectivity index (χ4v) is 4.02. The molecule has 2 heterocycles. The average molecular weight is 306 g/mol. The summed E-state index contributed by atoms with van der Waals surface area (Å²) in [7, 11) is -3.52. The molecule has 0 fully saturated rings. The Morgan fingerprint density at radius 2 is 2.22 bits per heavy atom. The van der Waals surface area contributed by atoms with E-state index in [-0.39, 0.29) is 5.03 Å². The lowest BCUT2D eigenvalue weighted by molar-refractivity contribution is 0.424. The normalized spacial score (nSPS) is 12.2. The molecule has 18 heavy (non-hydrogen) atoms. The molecule has 5 nitrogen and oxygen atoms in total. The first-order valence-electron chi connectivity index (χ1n) is 5.27. The minimum Gasteiger partial charge on any atom is -0.266 e. The van der Waals surface area contributed by atoms with E-state index < -0.39 is 10.0 Å². The highest BCUT2D eigenvalue weighted by molar-refractivity contribution is 7.89. The van der Waals surface area contributed by atoms with Crippen LogP contribution in [0.1, 0.15) is 11.8 Å². The minimum atomic E-state index is -3.52. The maximum absolute atomic E-state index is 12.3. The summed E-state index contributed by atoms with van der Waals surface area (Å²) in [5.74, 6) is 0. The number of rotatable bonds is 5. The van der Waals surface area contributed by atoms with Crippen molar-refractivity contribution in [2.75, 3.05) is 6.54 Å². The highest BCUT2D eigenvalue weighted by Gasteiger charge is 2.24. The average Bonchev–Trinajstić information content (AvgIpc) is 2.96. The van der Waals surface area contributed by atoms with E-state index in [1.807, 2.05) is 6.07 Å². The van der Waals surface area contributed by atoms with Crippen LogP contribution in [0.5, 0.6) is 0 Å². The van der Waals surface area contributed by atoms with E-state index in [2.05, 4.69) is 10.2 Å². The summed E-state index contributed by atoms with van der Waals surface area (Å²) in [6.07, 6.45) is 1.42. The maximum Gasteiger partial charge on any atom is 0.260 e. The molecule has 0 saturated heterocycles. The van der Waals surface area contributed by atoms with Crippen molar-refractivity contribution >= 4 is 33.0 Å². The van der Waals surface area contributed by atoms with Gasteiger partial charge in [-0.05, 0) is 18.2 Å². The molecule has 0 aromatic carbocycles. The number of aromatic amines is 1. The number of nitrogens with one attached hydrogen (secondary N) is 1. The third kappa shape index (κ3) is 2.74. The van der Waals surface area contributed by atoms with E-state index in [1.165, 1.54) is 27.9 Å². The van der Waals surface area contributed by atoms with Crippen LogP contribution in [0.4, 0.5) is 0 Å². The van der Waals surface area contributed by atoms with E-state index in [9.17, 15) is 8.42 Å². The number of thiophene rings is 1. The second-order valence-electron chi connectivity index (χ2n) is 3.56. The number of sulfonamides is 1. The molecule has 0 bridgehead atoms. The van der Waals surface area contributed by atoms with Gasteiger partial charge >= 0.3 is 0 Å². The Hall–Kier alpha value is -0.890.